The molecule has 70 valence electrons. The van der Waals surface area contributed by atoms with Gasteiger partial charge in [-0.25, -0.2) is 0 Å². The Kier molecular flexibility index (Phi) is 2.66. The molecule has 2 heteroatoms. The molecule has 0 spiro atoms. The van der Waals surface area contributed by atoms with Gasteiger partial charge in [0.05, 0.1) is 12.2 Å². The molecule has 1 aliphatic heterocycles. The number of hydrogen-bond donors (Lipinski definition) is 0. The van der Waals surface area contributed by atoms with Crippen LogP contribution < -0.4 is 0 Å². The summed E-state index contributed by atoms with van der Waals surface area (Å²) in [5.41, 5.74) is 0. The summed E-state index contributed by atoms with van der Waals surface area (Å²) in [7, 11) is 0. The molecule has 1 heterocycles. The predicted molar refractivity (Wildman–Crippen MR) is 47.2 cm³/mol. The molecule has 0 bridgehead atoms. The van der Waals surface area contributed by atoms with Crippen molar-refractivity contribution in [3.8, 4) is 0 Å². The monoisotopic (exact) mass is 170 g/mol. The zero-order valence-corrected chi connectivity index (χ0v) is 7.79. The van der Waals surface area contributed by atoms with Crippen LogP contribution in [0.2, 0.25) is 0 Å². The average Bonchev–Trinajstić information content (AvgIpc) is 2.76. The maximum atomic E-state index is 5.73. The van der Waals surface area contributed by atoms with Crippen LogP contribution in [0.5, 0.6) is 0 Å². The van der Waals surface area contributed by atoms with Crippen molar-refractivity contribution in [2.24, 2.45) is 0 Å². The van der Waals surface area contributed by atoms with E-state index in [2.05, 4.69) is 6.92 Å². The molecule has 1 saturated carbocycles. The first-order chi connectivity index (χ1) is 5.92. The lowest BCUT2D eigenvalue weighted by Gasteiger charge is -2.11. The van der Waals surface area contributed by atoms with Crippen molar-refractivity contribution < 1.29 is 9.47 Å². The maximum Gasteiger partial charge on any atom is 0.110 e. The van der Waals surface area contributed by atoms with Crippen molar-refractivity contribution >= 4 is 0 Å². The molecule has 0 amide bonds. The second kappa shape index (κ2) is 3.75. The summed E-state index contributed by atoms with van der Waals surface area (Å²) >= 11 is 0. The molecule has 0 N–H and O–H groups in total. The molecule has 2 rings (SSSR count). The van der Waals surface area contributed by atoms with Crippen LogP contribution in [0, 0.1) is 0 Å². The van der Waals surface area contributed by atoms with Crippen molar-refractivity contribution in [2.75, 3.05) is 6.61 Å². The van der Waals surface area contributed by atoms with Gasteiger partial charge in [-0.3, -0.25) is 0 Å². The van der Waals surface area contributed by atoms with Crippen LogP contribution in [0.15, 0.2) is 0 Å². The first-order valence-corrected chi connectivity index (χ1v) is 5.19. The molecule has 0 radical (unpaired) electrons. The molecular weight excluding hydrogens is 152 g/mol. The van der Waals surface area contributed by atoms with Crippen molar-refractivity contribution in [1.29, 1.82) is 0 Å². The van der Waals surface area contributed by atoms with Gasteiger partial charge in [-0.1, -0.05) is 19.8 Å². The smallest absolute Gasteiger partial charge is 0.110 e. The Morgan fingerprint density at radius 2 is 2.25 bits per heavy atom. The Labute approximate surface area is 74.2 Å². The average molecular weight is 170 g/mol. The molecule has 0 aromatic carbocycles. The summed E-state index contributed by atoms with van der Waals surface area (Å²) in [6.45, 7) is 3.15. The number of epoxide rings is 1. The molecule has 1 saturated heterocycles. The zero-order valence-electron chi connectivity index (χ0n) is 7.79. The van der Waals surface area contributed by atoms with E-state index in [-0.39, 0.29) is 0 Å². The van der Waals surface area contributed by atoms with Gasteiger partial charge >= 0.3 is 0 Å². The fourth-order valence-corrected chi connectivity index (χ4v) is 1.97. The second-order valence-electron chi connectivity index (χ2n) is 3.83. The minimum Gasteiger partial charge on any atom is -0.375 e. The molecular formula is C10H18O2. The highest BCUT2D eigenvalue weighted by Gasteiger charge is 2.50. The quantitative estimate of drug-likeness (QED) is 0.465. The molecule has 1 aliphatic carbocycles. The fourth-order valence-electron chi connectivity index (χ4n) is 1.97. The van der Waals surface area contributed by atoms with E-state index in [9.17, 15) is 0 Å². The SMILES string of the molecule is CCCCCOC1CC[C@@H]2O[C@@H]12. The van der Waals surface area contributed by atoms with Gasteiger partial charge in [0.2, 0.25) is 0 Å². The van der Waals surface area contributed by atoms with Crippen LogP contribution in [0.25, 0.3) is 0 Å². The van der Waals surface area contributed by atoms with Crippen molar-refractivity contribution in [3.05, 3.63) is 0 Å². The molecule has 3 atom stereocenters. The van der Waals surface area contributed by atoms with E-state index in [0.29, 0.717) is 18.3 Å². The maximum absolute atomic E-state index is 5.73. The summed E-state index contributed by atoms with van der Waals surface area (Å²) in [5.74, 6) is 0. The van der Waals surface area contributed by atoms with E-state index in [1.807, 2.05) is 0 Å². The minimum atomic E-state index is 0.437. The van der Waals surface area contributed by atoms with Crippen LogP contribution in [-0.2, 0) is 9.47 Å². The van der Waals surface area contributed by atoms with Crippen molar-refractivity contribution in [2.45, 2.75) is 57.3 Å². The summed E-state index contributed by atoms with van der Waals surface area (Å²) < 4.78 is 11.1. The third kappa shape index (κ3) is 1.80. The third-order valence-electron chi connectivity index (χ3n) is 2.80. The summed E-state index contributed by atoms with van der Waals surface area (Å²) in [5, 5.41) is 0. The highest BCUT2D eigenvalue weighted by Crippen LogP contribution is 2.40. The minimum absolute atomic E-state index is 0.437. The molecule has 2 nitrogen and oxygen atoms in total. The molecule has 1 unspecified atom stereocenters. The van der Waals surface area contributed by atoms with Crippen molar-refractivity contribution in [3.63, 3.8) is 0 Å². The van der Waals surface area contributed by atoms with E-state index in [0.717, 1.165) is 6.61 Å². The van der Waals surface area contributed by atoms with Crippen molar-refractivity contribution in [1.82, 2.24) is 0 Å². The Morgan fingerprint density at radius 1 is 1.33 bits per heavy atom. The van der Waals surface area contributed by atoms with Crippen LogP contribution >= 0.6 is 0 Å². The number of hydrogen-bond acceptors (Lipinski definition) is 2. The topological polar surface area (TPSA) is 21.8 Å². The van der Waals surface area contributed by atoms with Crippen LogP contribution in [-0.4, -0.2) is 24.9 Å². The lowest BCUT2D eigenvalue weighted by Crippen LogP contribution is -2.16. The molecule has 12 heavy (non-hydrogen) atoms. The lowest BCUT2D eigenvalue weighted by atomic mass is 10.2. The highest BCUT2D eigenvalue weighted by molar-refractivity contribution is 4.98. The largest absolute Gasteiger partial charge is 0.375 e. The number of rotatable bonds is 5. The summed E-state index contributed by atoms with van der Waals surface area (Å²) in [6.07, 6.45) is 7.72. The summed E-state index contributed by atoms with van der Waals surface area (Å²) in [4.78, 5) is 0. The first kappa shape index (κ1) is 8.52. The Bertz CT molecular complexity index is 147. The molecule has 2 fully saturated rings. The van der Waals surface area contributed by atoms with Gasteiger partial charge < -0.3 is 9.47 Å². The predicted octanol–water partition coefficient (Wildman–Crippen LogP) is 2.12. The van der Waals surface area contributed by atoms with E-state index in [1.54, 1.807) is 0 Å². The van der Waals surface area contributed by atoms with E-state index in [1.165, 1.54) is 32.1 Å². The van der Waals surface area contributed by atoms with Gasteiger partial charge in [-0.15, -0.1) is 0 Å². The first-order valence-electron chi connectivity index (χ1n) is 5.19. The number of fused-ring (bicyclic) bond motifs is 1. The van der Waals surface area contributed by atoms with Gasteiger partial charge in [0.25, 0.3) is 0 Å². The standard InChI is InChI=1S/C10H18O2/c1-2-3-4-7-11-8-5-6-9-10(8)12-9/h8-10H,2-7H2,1H3/t8?,9-,10-/m0/s1. The van der Waals surface area contributed by atoms with E-state index < -0.39 is 0 Å². The Balaban J connectivity index is 1.55. The van der Waals surface area contributed by atoms with E-state index >= 15 is 0 Å². The lowest BCUT2D eigenvalue weighted by molar-refractivity contribution is 0.0252. The van der Waals surface area contributed by atoms with Gasteiger partial charge in [0.1, 0.15) is 6.10 Å². The third-order valence-corrected chi connectivity index (χ3v) is 2.80. The second-order valence-corrected chi connectivity index (χ2v) is 3.83. The van der Waals surface area contributed by atoms with Crippen LogP contribution in [0.4, 0.5) is 0 Å². The van der Waals surface area contributed by atoms with Crippen LogP contribution in [0.1, 0.15) is 39.0 Å². The van der Waals surface area contributed by atoms with E-state index in [4.69, 9.17) is 9.47 Å². The summed E-state index contributed by atoms with van der Waals surface area (Å²) in [6, 6.07) is 0. The molecule has 2 aliphatic rings. The van der Waals surface area contributed by atoms with Gasteiger partial charge in [0.15, 0.2) is 0 Å². The normalized spacial score (nSPS) is 38.2. The van der Waals surface area contributed by atoms with Gasteiger partial charge in [-0.05, 0) is 19.3 Å². The number of unbranched alkanes of at least 4 members (excludes halogenated alkanes) is 2. The Hall–Kier alpha value is -0.0800. The highest BCUT2D eigenvalue weighted by atomic mass is 16.6. The fraction of sp³-hybridized carbons (Fsp3) is 1.00. The van der Waals surface area contributed by atoms with Gasteiger partial charge in [0, 0.05) is 6.61 Å². The zero-order chi connectivity index (χ0) is 8.39. The molecule has 0 aromatic heterocycles. The Morgan fingerprint density at radius 3 is 2.83 bits per heavy atom. The molecule has 0 aromatic rings. The van der Waals surface area contributed by atoms with Gasteiger partial charge in [-0.2, -0.15) is 0 Å². The number of ether oxygens (including phenoxy) is 2. The van der Waals surface area contributed by atoms with Crippen LogP contribution in [0.3, 0.4) is 0 Å².